The Morgan fingerprint density at radius 1 is 1.31 bits per heavy atom. The second-order valence-corrected chi connectivity index (χ2v) is 5.81. The number of nitrogens with two attached hydrogens (primary N) is 1. The Bertz CT molecular complexity index is 321. The minimum atomic E-state index is 0.735. The molecule has 1 aromatic rings. The lowest BCUT2D eigenvalue weighted by atomic mass is 10.1. The van der Waals surface area contributed by atoms with E-state index in [1.54, 1.807) is 0 Å². The average Bonchev–Trinajstić information content (AvgIpc) is 2.21. The molecule has 2 N–H and O–H groups in total. The van der Waals surface area contributed by atoms with Crippen molar-refractivity contribution in [2.45, 2.75) is 38.5 Å². The molecule has 0 unspecified atom stereocenters. The number of hydrogen-bond acceptors (Lipinski definition) is 2. The van der Waals surface area contributed by atoms with Crippen LogP contribution >= 0.6 is 11.8 Å². The Morgan fingerprint density at radius 2 is 2.06 bits per heavy atom. The topological polar surface area (TPSA) is 26.0 Å². The maximum atomic E-state index is 5.56. The Balaban J connectivity index is 2.54. The van der Waals surface area contributed by atoms with Crippen LogP contribution in [0.25, 0.3) is 0 Å². The molecule has 0 aliphatic carbocycles. The molecule has 0 aliphatic heterocycles. The third kappa shape index (κ3) is 4.58. The van der Waals surface area contributed by atoms with E-state index in [-0.39, 0.29) is 0 Å². The first-order valence-electron chi connectivity index (χ1n) is 6.06. The molecule has 16 heavy (non-hydrogen) atoms. The molecule has 0 bridgehead atoms. The highest BCUT2D eigenvalue weighted by Gasteiger charge is 2.01. The molecule has 90 valence electrons. The standard InChI is InChI=1S/C14H23NS/c1-11(2)7-9-16-14-5-4-13(6-8-15)10-12(14)3/h4-5,10-11H,6-9,15H2,1-3H3. The van der Waals surface area contributed by atoms with Crippen LogP contribution < -0.4 is 5.73 Å². The minimum Gasteiger partial charge on any atom is -0.330 e. The number of hydrogen-bond donors (Lipinski definition) is 1. The fraction of sp³-hybridized carbons (Fsp3) is 0.571. The van der Waals surface area contributed by atoms with E-state index in [4.69, 9.17) is 5.73 Å². The number of aryl methyl sites for hydroxylation is 1. The highest BCUT2D eigenvalue weighted by Crippen LogP contribution is 2.25. The molecule has 2 heteroatoms. The van der Waals surface area contributed by atoms with E-state index in [0.717, 1.165) is 18.9 Å². The molecule has 0 saturated heterocycles. The van der Waals surface area contributed by atoms with Gasteiger partial charge in [0.15, 0.2) is 0 Å². The van der Waals surface area contributed by atoms with Crippen molar-refractivity contribution in [1.82, 2.24) is 0 Å². The summed E-state index contributed by atoms with van der Waals surface area (Å²) in [6, 6.07) is 6.72. The summed E-state index contributed by atoms with van der Waals surface area (Å²) in [4.78, 5) is 1.42. The molecule has 0 spiro atoms. The Morgan fingerprint density at radius 3 is 2.62 bits per heavy atom. The fourth-order valence-electron chi connectivity index (χ4n) is 1.60. The smallest absolute Gasteiger partial charge is 0.0101 e. The molecule has 1 nitrogen and oxygen atoms in total. The summed E-state index contributed by atoms with van der Waals surface area (Å²) in [6.45, 7) is 7.48. The third-order valence-electron chi connectivity index (χ3n) is 2.63. The van der Waals surface area contributed by atoms with Crippen molar-refractivity contribution in [3.63, 3.8) is 0 Å². The van der Waals surface area contributed by atoms with E-state index < -0.39 is 0 Å². The van der Waals surface area contributed by atoms with Crippen LogP contribution in [-0.4, -0.2) is 12.3 Å². The van der Waals surface area contributed by atoms with Gasteiger partial charge in [0.1, 0.15) is 0 Å². The summed E-state index contributed by atoms with van der Waals surface area (Å²) in [7, 11) is 0. The normalized spacial score (nSPS) is 11.1. The molecule has 0 amide bonds. The maximum Gasteiger partial charge on any atom is 0.0101 e. The van der Waals surface area contributed by atoms with Crippen LogP contribution in [0.3, 0.4) is 0 Å². The second-order valence-electron chi connectivity index (χ2n) is 4.67. The van der Waals surface area contributed by atoms with Gasteiger partial charge in [-0.3, -0.25) is 0 Å². The predicted octanol–water partition coefficient (Wildman–Crippen LogP) is 3.63. The molecule has 0 aliphatic rings. The molecule has 0 fully saturated rings. The van der Waals surface area contributed by atoms with Gasteiger partial charge in [0.25, 0.3) is 0 Å². The van der Waals surface area contributed by atoms with Gasteiger partial charge >= 0.3 is 0 Å². The first-order valence-corrected chi connectivity index (χ1v) is 7.04. The lowest BCUT2D eigenvalue weighted by Crippen LogP contribution is -2.02. The summed E-state index contributed by atoms with van der Waals surface area (Å²) >= 11 is 1.97. The monoisotopic (exact) mass is 237 g/mol. The minimum absolute atomic E-state index is 0.735. The van der Waals surface area contributed by atoms with Gasteiger partial charge in [0.05, 0.1) is 0 Å². The molecule has 0 atom stereocenters. The van der Waals surface area contributed by atoms with E-state index in [1.807, 2.05) is 11.8 Å². The van der Waals surface area contributed by atoms with Crippen LogP contribution in [-0.2, 0) is 6.42 Å². The zero-order chi connectivity index (χ0) is 12.0. The summed E-state index contributed by atoms with van der Waals surface area (Å²) in [5.74, 6) is 2.01. The average molecular weight is 237 g/mol. The van der Waals surface area contributed by atoms with Crippen LogP contribution in [0.5, 0.6) is 0 Å². The summed E-state index contributed by atoms with van der Waals surface area (Å²) in [5, 5.41) is 0. The van der Waals surface area contributed by atoms with Gasteiger partial charge in [0.2, 0.25) is 0 Å². The Labute approximate surface area is 104 Å². The fourth-order valence-corrected chi connectivity index (χ4v) is 2.86. The van der Waals surface area contributed by atoms with Gasteiger partial charge in [-0.25, -0.2) is 0 Å². The quantitative estimate of drug-likeness (QED) is 0.765. The van der Waals surface area contributed by atoms with Gasteiger partial charge in [0, 0.05) is 4.90 Å². The van der Waals surface area contributed by atoms with Crippen LogP contribution in [0.15, 0.2) is 23.1 Å². The van der Waals surface area contributed by atoms with Gasteiger partial charge in [-0.2, -0.15) is 0 Å². The molecular weight excluding hydrogens is 214 g/mol. The van der Waals surface area contributed by atoms with Crippen molar-refractivity contribution in [3.8, 4) is 0 Å². The van der Waals surface area contributed by atoms with Crippen LogP contribution in [0.1, 0.15) is 31.4 Å². The third-order valence-corrected chi connectivity index (χ3v) is 3.83. The highest BCUT2D eigenvalue weighted by molar-refractivity contribution is 7.99. The lowest BCUT2D eigenvalue weighted by molar-refractivity contribution is 0.632. The van der Waals surface area contributed by atoms with E-state index in [0.29, 0.717) is 0 Å². The van der Waals surface area contributed by atoms with Crippen LogP contribution in [0.2, 0.25) is 0 Å². The molecular formula is C14H23NS. The molecule has 0 aromatic heterocycles. The summed E-state index contributed by atoms with van der Waals surface area (Å²) in [5.41, 5.74) is 8.30. The lowest BCUT2D eigenvalue weighted by Gasteiger charge is -2.09. The largest absolute Gasteiger partial charge is 0.330 e. The van der Waals surface area contributed by atoms with Crippen molar-refractivity contribution in [3.05, 3.63) is 29.3 Å². The molecule has 0 heterocycles. The molecule has 1 aromatic carbocycles. The zero-order valence-corrected chi connectivity index (χ0v) is 11.4. The SMILES string of the molecule is Cc1cc(CCN)ccc1SCCC(C)C. The van der Waals surface area contributed by atoms with Crippen LogP contribution in [0.4, 0.5) is 0 Å². The van der Waals surface area contributed by atoms with E-state index in [9.17, 15) is 0 Å². The van der Waals surface area contributed by atoms with Crippen molar-refractivity contribution < 1.29 is 0 Å². The second kappa shape index (κ2) is 6.97. The Hall–Kier alpha value is -0.470. The molecule has 0 saturated carbocycles. The Kier molecular flexibility index (Phi) is 5.93. The highest BCUT2D eigenvalue weighted by atomic mass is 32.2. The van der Waals surface area contributed by atoms with Crippen molar-refractivity contribution in [1.29, 1.82) is 0 Å². The first kappa shape index (κ1) is 13.6. The number of rotatable bonds is 6. The zero-order valence-electron chi connectivity index (χ0n) is 10.6. The van der Waals surface area contributed by atoms with Crippen molar-refractivity contribution in [2.75, 3.05) is 12.3 Å². The van der Waals surface area contributed by atoms with Crippen molar-refractivity contribution in [2.24, 2.45) is 11.7 Å². The van der Waals surface area contributed by atoms with E-state index in [2.05, 4.69) is 39.0 Å². The van der Waals surface area contributed by atoms with Gasteiger partial charge in [-0.05, 0) is 55.2 Å². The first-order chi connectivity index (χ1) is 7.63. The maximum absolute atomic E-state index is 5.56. The predicted molar refractivity (Wildman–Crippen MR) is 74.1 cm³/mol. The van der Waals surface area contributed by atoms with Crippen molar-refractivity contribution >= 4 is 11.8 Å². The molecule has 1 rings (SSSR count). The number of thioether (sulfide) groups is 1. The van der Waals surface area contributed by atoms with Gasteiger partial charge < -0.3 is 5.73 Å². The number of benzene rings is 1. The summed E-state index contributed by atoms with van der Waals surface area (Å²) in [6.07, 6.45) is 2.27. The van der Waals surface area contributed by atoms with Crippen LogP contribution in [0, 0.1) is 12.8 Å². The van der Waals surface area contributed by atoms with Gasteiger partial charge in [-0.15, -0.1) is 11.8 Å². The van der Waals surface area contributed by atoms with E-state index >= 15 is 0 Å². The van der Waals surface area contributed by atoms with Gasteiger partial charge in [-0.1, -0.05) is 26.0 Å². The van der Waals surface area contributed by atoms with E-state index in [1.165, 1.54) is 28.2 Å². The summed E-state index contributed by atoms with van der Waals surface area (Å²) < 4.78 is 0. The molecule has 0 radical (unpaired) electrons.